The van der Waals surface area contributed by atoms with Crippen molar-refractivity contribution in [3.8, 4) is 0 Å². The van der Waals surface area contributed by atoms with Crippen molar-refractivity contribution in [1.29, 1.82) is 0 Å². The van der Waals surface area contributed by atoms with Crippen LogP contribution in [0.5, 0.6) is 0 Å². The van der Waals surface area contributed by atoms with Gasteiger partial charge in [-0.1, -0.05) is 0 Å². The van der Waals surface area contributed by atoms with Gasteiger partial charge in [-0.15, -0.1) is 0 Å². The van der Waals surface area contributed by atoms with Gasteiger partial charge in [-0.05, 0) is 67.8 Å². The summed E-state index contributed by atoms with van der Waals surface area (Å²) in [7, 11) is -3.96. The number of anilines is 2. The molecule has 2 aromatic carbocycles. The third kappa shape index (κ3) is 3.80. The van der Waals surface area contributed by atoms with Crippen LogP contribution < -0.4 is 9.62 Å². The van der Waals surface area contributed by atoms with Crippen LogP contribution in [0.15, 0.2) is 41.3 Å². The molecule has 1 aliphatic heterocycles. The van der Waals surface area contributed by atoms with E-state index in [0.29, 0.717) is 29.8 Å². The van der Waals surface area contributed by atoms with E-state index in [1.54, 1.807) is 43.0 Å². The molecule has 0 aliphatic carbocycles. The predicted octanol–water partition coefficient (Wildman–Crippen LogP) is 2.93. The fourth-order valence-corrected chi connectivity index (χ4v) is 4.47. The highest BCUT2D eigenvalue weighted by Crippen LogP contribution is 2.26. The first kappa shape index (κ1) is 18.9. The van der Waals surface area contributed by atoms with Gasteiger partial charge in [0.05, 0.1) is 10.5 Å². The van der Waals surface area contributed by atoms with E-state index in [-0.39, 0.29) is 16.4 Å². The number of carbonyl (C=O) groups is 2. The smallest absolute Gasteiger partial charge is 0.335 e. The summed E-state index contributed by atoms with van der Waals surface area (Å²) < 4.78 is 28.0. The molecule has 142 valence electrons. The molecule has 8 heteroatoms. The molecule has 1 saturated heterocycles. The van der Waals surface area contributed by atoms with Crippen molar-refractivity contribution in [3.63, 3.8) is 0 Å². The normalized spacial score (nSPS) is 14.4. The van der Waals surface area contributed by atoms with Gasteiger partial charge in [-0.25, -0.2) is 13.2 Å². The minimum absolute atomic E-state index is 0.0555. The first-order valence-corrected chi connectivity index (χ1v) is 9.95. The average molecular weight is 388 g/mol. The third-order valence-electron chi connectivity index (χ3n) is 4.66. The number of hydrogen-bond donors (Lipinski definition) is 2. The van der Waals surface area contributed by atoms with Gasteiger partial charge < -0.3 is 10.0 Å². The lowest BCUT2D eigenvalue weighted by Crippen LogP contribution is -2.23. The van der Waals surface area contributed by atoms with Crippen molar-refractivity contribution >= 4 is 33.3 Å². The summed E-state index contributed by atoms with van der Waals surface area (Å²) in [6, 6.07) is 9.14. The summed E-state index contributed by atoms with van der Waals surface area (Å²) >= 11 is 0. The third-order valence-corrected chi connectivity index (χ3v) is 6.17. The predicted molar refractivity (Wildman–Crippen MR) is 102 cm³/mol. The summed E-state index contributed by atoms with van der Waals surface area (Å²) in [5.74, 6) is -1.13. The number of benzene rings is 2. The molecule has 1 heterocycles. The minimum Gasteiger partial charge on any atom is -0.478 e. The molecule has 2 N–H and O–H groups in total. The molecular weight excluding hydrogens is 368 g/mol. The summed E-state index contributed by atoms with van der Waals surface area (Å²) in [4.78, 5) is 24.6. The minimum atomic E-state index is -3.96. The van der Waals surface area contributed by atoms with E-state index in [2.05, 4.69) is 4.72 Å². The Bertz CT molecular complexity index is 1010. The lowest BCUT2D eigenvalue weighted by Gasteiger charge is -2.17. The lowest BCUT2D eigenvalue weighted by molar-refractivity contribution is -0.117. The second-order valence-electron chi connectivity index (χ2n) is 6.52. The Morgan fingerprint density at radius 2 is 1.81 bits per heavy atom. The number of nitrogens with zero attached hydrogens (tertiary/aromatic N) is 1. The molecule has 0 unspecified atom stereocenters. The zero-order valence-electron chi connectivity index (χ0n) is 15.0. The quantitative estimate of drug-likeness (QED) is 0.820. The number of amides is 1. The molecule has 27 heavy (non-hydrogen) atoms. The molecule has 0 aromatic heterocycles. The van der Waals surface area contributed by atoms with Crippen LogP contribution in [0, 0.1) is 13.8 Å². The van der Waals surface area contributed by atoms with E-state index in [4.69, 9.17) is 0 Å². The maximum Gasteiger partial charge on any atom is 0.335 e. The van der Waals surface area contributed by atoms with Gasteiger partial charge in [0.2, 0.25) is 5.91 Å². The van der Waals surface area contributed by atoms with E-state index in [1.165, 1.54) is 6.07 Å². The van der Waals surface area contributed by atoms with Crippen LogP contribution >= 0.6 is 0 Å². The number of aromatic carboxylic acids is 1. The van der Waals surface area contributed by atoms with Crippen LogP contribution in [-0.2, 0) is 14.8 Å². The van der Waals surface area contributed by atoms with E-state index < -0.39 is 16.0 Å². The van der Waals surface area contributed by atoms with E-state index in [0.717, 1.165) is 18.2 Å². The number of hydrogen-bond acceptors (Lipinski definition) is 4. The highest BCUT2D eigenvalue weighted by Gasteiger charge is 2.23. The highest BCUT2D eigenvalue weighted by molar-refractivity contribution is 7.92. The SMILES string of the molecule is Cc1cc(C(=O)O)cc(S(=O)(=O)Nc2ccc(N3CCCC3=O)cc2)c1C. The van der Waals surface area contributed by atoms with Gasteiger partial charge in [0.15, 0.2) is 0 Å². The van der Waals surface area contributed by atoms with Crippen molar-refractivity contribution in [3.05, 3.63) is 53.1 Å². The summed E-state index contributed by atoms with van der Waals surface area (Å²) in [5.41, 5.74) is 2.05. The fourth-order valence-electron chi connectivity index (χ4n) is 3.07. The van der Waals surface area contributed by atoms with Crippen molar-refractivity contribution in [2.24, 2.45) is 0 Å². The lowest BCUT2D eigenvalue weighted by atomic mass is 10.1. The van der Waals surface area contributed by atoms with Crippen LogP contribution in [0.3, 0.4) is 0 Å². The van der Waals surface area contributed by atoms with E-state index in [1.807, 2.05) is 0 Å². The molecule has 0 spiro atoms. The molecule has 1 aliphatic rings. The molecule has 1 amide bonds. The van der Waals surface area contributed by atoms with Crippen LogP contribution in [0.4, 0.5) is 11.4 Å². The monoisotopic (exact) mass is 388 g/mol. The van der Waals surface area contributed by atoms with E-state index in [9.17, 15) is 23.1 Å². The summed E-state index contributed by atoms with van der Waals surface area (Å²) in [6.45, 7) is 3.96. The van der Waals surface area contributed by atoms with Gasteiger partial charge in [0.25, 0.3) is 10.0 Å². The van der Waals surface area contributed by atoms with Crippen LogP contribution in [-0.4, -0.2) is 31.9 Å². The Kier molecular flexibility index (Phi) is 4.93. The van der Waals surface area contributed by atoms with Gasteiger partial charge in [0, 0.05) is 24.3 Å². The zero-order chi connectivity index (χ0) is 19.8. The molecular formula is C19H20N2O5S. The fraction of sp³-hybridized carbons (Fsp3) is 0.263. The number of rotatable bonds is 5. The first-order valence-electron chi connectivity index (χ1n) is 8.47. The largest absolute Gasteiger partial charge is 0.478 e. The molecule has 0 bridgehead atoms. The van der Waals surface area contributed by atoms with Crippen molar-refractivity contribution in [2.45, 2.75) is 31.6 Å². The standard InChI is InChI=1S/C19H20N2O5S/c1-12-10-14(19(23)24)11-17(13(12)2)27(25,26)20-15-5-7-16(8-6-15)21-9-3-4-18(21)22/h5-8,10-11,20H,3-4,9H2,1-2H3,(H,23,24). The topological polar surface area (TPSA) is 104 Å². The zero-order valence-corrected chi connectivity index (χ0v) is 15.8. The number of carboxylic acids is 1. The Morgan fingerprint density at radius 3 is 2.37 bits per heavy atom. The first-order chi connectivity index (χ1) is 12.7. The van der Waals surface area contributed by atoms with Gasteiger partial charge in [-0.2, -0.15) is 0 Å². The van der Waals surface area contributed by atoms with Crippen LogP contribution in [0.25, 0.3) is 0 Å². The summed E-state index contributed by atoms with van der Waals surface area (Å²) in [5, 5.41) is 9.19. The van der Waals surface area contributed by atoms with Gasteiger partial charge in [0.1, 0.15) is 0 Å². The molecule has 7 nitrogen and oxygen atoms in total. The molecule has 2 aromatic rings. The Balaban J connectivity index is 1.89. The number of aryl methyl sites for hydroxylation is 1. The number of carboxylic acid groups (broad SMARTS) is 1. The molecule has 0 atom stereocenters. The second kappa shape index (κ2) is 7.03. The van der Waals surface area contributed by atoms with Crippen molar-refractivity contribution < 1.29 is 23.1 Å². The second-order valence-corrected chi connectivity index (χ2v) is 8.17. The number of nitrogens with one attached hydrogen (secondary N) is 1. The van der Waals surface area contributed by atoms with Crippen molar-refractivity contribution in [1.82, 2.24) is 0 Å². The molecule has 0 saturated carbocycles. The maximum absolute atomic E-state index is 12.8. The Labute approximate surface area is 157 Å². The molecule has 3 rings (SSSR count). The maximum atomic E-state index is 12.8. The van der Waals surface area contributed by atoms with Crippen LogP contribution in [0.1, 0.15) is 34.3 Å². The molecule has 0 radical (unpaired) electrons. The van der Waals surface area contributed by atoms with Gasteiger partial charge in [-0.3, -0.25) is 9.52 Å². The van der Waals surface area contributed by atoms with Crippen LogP contribution in [0.2, 0.25) is 0 Å². The van der Waals surface area contributed by atoms with Crippen molar-refractivity contribution in [2.75, 3.05) is 16.2 Å². The van der Waals surface area contributed by atoms with E-state index >= 15 is 0 Å². The Hall–Kier alpha value is -2.87. The molecule has 1 fully saturated rings. The highest BCUT2D eigenvalue weighted by atomic mass is 32.2. The van der Waals surface area contributed by atoms with Gasteiger partial charge >= 0.3 is 5.97 Å². The number of sulfonamides is 1. The Morgan fingerprint density at radius 1 is 1.15 bits per heavy atom. The average Bonchev–Trinajstić information content (AvgIpc) is 3.03. The number of carbonyl (C=O) groups excluding carboxylic acids is 1. The summed E-state index contributed by atoms with van der Waals surface area (Å²) in [6.07, 6.45) is 1.33.